The van der Waals surface area contributed by atoms with Crippen LogP contribution in [0.3, 0.4) is 0 Å². The van der Waals surface area contributed by atoms with Crippen molar-refractivity contribution in [3.63, 3.8) is 0 Å². The van der Waals surface area contributed by atoms with E-state index in [0.717, 1.165) is 63.7 Å². The van der Waals surface area contributed by atoms with Crippen molar-refractivity contribution >= 4 is 5.91 Å². The lowest BCUT2D eigenvalue weighted by Crippen LogP contribution is -2.52. The fraction of sp³-hybridized carbons (Fsp3) is 0.650. The van der Waals surface area contributed by atoms with E-state index >= 15 is 0 Å². The normalized spacial score (nSPS) is 22.1. The lowest BCUT2D eigenvalue weighted by atomic mass is 9.97. The van der Waals surface area contributed by atoms with Crippen molar-refractivity contribution in [2.75, 3.05) is 52.7 Å². The van der Waals surface area contributed by atoms with E-state index in [1.807, 2.05) is 24.3 Å². The van der Waals surface area contributed by atoms with Crippen LogP contribution in [-0.4, -0.2) is 69.5 Å². The Morgan fingerprint density at radius 1 is 1.27 bits per heavy atom. The molecule has 2 aliphatic rings. The number of morpholine rings is 1. The first-order chi connectivity index (χ1) is 12.8. The van der Waals surface area contributed by atoms with Crippen molar-refractivity contribution in [2.24, 2.45) is 5.92 Å². The van der Waals surface area contributed by atoms with Gasteiger partial charge in [0.15, 0.2) is 6.61 Å². The van der Waals surface area contributed by atoms with Gasteiger partial charge in [0.05, 0.1) is 19.8 Å². The Morgan fingerprint density at radius 2 is 2.08 bits per heavy atom. The standard InChI is InChI=1S/C20H30N2O4/c1-2-16-5-3-4-6-19(16)26-15-20(23)21-13-18(17-7-10-25-14-17)22-8-11-24-12-9-22/h3-6,17-18H,2,7-15H2,1H3,(H,21,23). The van der Waals surface area contributed by atoms with Crippen LogP contribution in [0.15, 0.2) is 24.3 Å². The number of carbonyl (C=O) groups excluding carboxylic acids is 1. The summed E-state index contributed by atoms with van der Waals surface area (Å²) in [6.07, 6.45) is 1.94. The third kappa shape index (κ3) is 5.19. The third-order valence-corrected chi connectivity index (χ3v) is 5.24. The molecule has 2 unspecified atom stereocenters. The van der Waals surface area contributed by atoms with Crippen LogP contribution < -0.4 is 10.1 Å². The number of carbonyl (C=O) groups is 1. The van der Waals surface area contributed by atoms with Crippen molar-refractivity contribution in [3.8, 4) is 5.75 Å². The van der Waals surface area contributed by atoms with Crippen LogP contribution in [0.2, 0.25) is 0 Å². The van der Waals surface area contributed by atoms with Gasteiger partial charge in [-0.05, 0) is 24.5 Å². The maximum atomic E-state index is 12.3. The van der Waals surface area contributed by atoms with Gasteiger partial charge in [-0.3, -0.25) is 9.69 Å². The van der Waals surface area contributed by atoms with Crippen LogP contribution in [0.5, 0.6) is 5.75 Å². The number of hydrogen-bond donors (Lipinski definition) is 1. The molecule has 2 aliphatic heterocycles. The molecule has 2 saturated heterocycles. The smallest absolute Gasteiger partial charge is 0.257 e. The van der Waals surface area contributed by atoms with Gasteiger partial charge in [0, 0.05) is 38.2 Å². The molecule has 2 fully saturated rings. The number of aryl methyl sites for hydroxylation is 1. The summed E-state index contributed by atoms with van der Waals surface area (Å²) in [6, 6.07) is 8.16. The van der Waals surface area contributed by atoms with Crippen LogP contribution in [0.25, 0.3) is 0 Å². The number of amides is 1. The fourth-order valence-electron chi connectivity index (χ4n) is 3.71. The van der Waals surface area contributed by atoms with E-state index in [1.165, 1.54) is 0 Å². The van der Waals surface area contributed by atoms with Crippen molar-refractivity contribution in [2.45, 2.75) is 25.8 Å². The van der Waals surface area contributed by atoms with Crippen molar-refractivity contribution in [1.82, 2.24) is 10.2 Å². The second kappa shape index (κ2) is 9.90. The summed E-state index contributed by atoms with van der Waals surface area (Å²) in [7, 11) is 0. The van der Waals surface area contributed by atoms with Crippen LogP contribution >= 0.6 is 0 Å². The van der Waals surface area contributed by atoms with Crippen molar-refractivity contribution in [1.29, 1.82) is 0 Å². The molecule has 1 aromatic carbocycles. The minimum atomic E-state index is -0.0759. The Morgan fingerprint density at radius 3 is 2.81 bits per heavy atom. The summed E-state index contributed by atoms with van der Waals surface area (Å²) in [6.45, 7) is 7.70. The molecule has 0 spiro atoms. The Kier molecular flexibility index (Phi) is 7.29. The summed E-state index contributed by atoms with van der Waals surface area (Å²) in [5, 5.41) is 3.06. The van der Waals surface area contributed by atoms with E-state index in [9.17, 15) is 4.79 Å². The molecule has 0 aromatic heterocycles. The maximum Gasteiger partial charge on any atom is 0.257 e. The zero-order valence-electron chi connectivity index (χ0n) is 15.6. The molecule has 0 radical (unpaired) electrons. The van der Waals surface area contributed by atoms with Gasteiger partial charge in [-0.1, -0.05) is 25.1 Å². The van der Waals surface area contributed by atoms with E-state index in [2.05, 4.69) is 17.1 Å². The molecule has 2 heterocycles. The second-order valence-electron chi connectivity index (χ2n) is 6.89. The van der Waals surface area contributed by atoms with Gasteiger partial charge < -0.3 is 19.5 Å². The lowest BCUT2D eigenvalue weighted by Gasteiger charge is -2.37. The molecule has 6 nitrogen and oxygen atoms in total. The summed E-state index contributed by atoms with van der Waals surface area (Å²) in [5.74, 6) is 1.18. The van der Waals surface area contributed by atoms with Gasteiger partial charge in [-0.2, -0.15) is 0 Å². The second-order valence-corrected chi connectivity index (χ2v) is 6.89. The average Bonchev–Trinajstić information content (AvgIpc) is 3.22. The number of nitrogens with zero attached hydrogens (tertiary/aromatic N) is 1. The summed E-state index contributed by atoms with van der Waals surface area (Å²) >= 11 is 0. The number of hydrogen-bond acceptors (Lipinski definition) is 5. The Balaban J connectivity index is 1.50. The monoisotopic (exact) mass is 362 g/mol. The highest BCUT2D eigenvalue weighted by Crippen LogP contribution is 2.22. The molecule has 144 valence electrons. The quantitative estimate of drug-likeness (QED) is 0.759. The first kappa shape index (κ1) is 19.1. The molecule has 0 aliphatic carbocycles. The van der Waals surface area contributed by atoms with Gasteiger partial charge in [0.2, 0.25) is 0 Å². The van der Waals surface area contributed by atoms with Crippen molar-refractivity contribution < 1.29 is 19.0 Å². The van der Waals surface area contributed by atoms with Gasteiger partial charge in [0.25, 0.3) is 5.91 Å². The molecule has 1 amide bonds. The highest BCUT2D eigenvalue weighted by atomic mass is 16.5. The summed E-state index contributed by atoms with van der Waals surface area (Å²) in [4.78, 5) is 14.7. The molecule has 1 N–H and O–H groups in total. The number of benzene rings is 1. The molecule has 1 aromatic rings. The predicted octanol–water partition coefficient (Wildman–Crippen LogP) is 1.48. The molecule has 6 heteroatoms. The predicted molar refractivity (Wildman–Crippen MR) is 99.4 cm³/mol. The number of para-hydroxylation sites is 1. The van der Waals surface area contributed by atoms with E-state index < -0.39 is 0 Å². The minimum Gasteiger partial charge on any atom is -0.483 e. The Labute approximate surface area is 155 Å². The van der Waals surface area contributed by atoms with E-state index in [1.54, 1.807) is 0 Å². The van der Waals surface area contributed by atoms with E-state index in [0.29, 0.717) is 18.5 Å². The topological polar surface area (TPSA) is 60.0 Å². The van der Waals surface area contributed by atoms with Gasteiger partial charge in [-0.25, -0.2) is 0 Å². The third-order valence-electron chi connectivity index (χ3n) is 5.24. The summed E-state index contributed by atoms with van der Waals surface area (Å²) in [5.41, 5.74) is 1.12. The number of rotatable bonds is 8. The SMILES string of the molecule is CCc1ccccc1OCC(=O)NCC(C1CCOC1)N1CCOCC1. The highest BCUT2D eigenvalue weighted by Gasteiger charge is 2.31. The maximum absolute atomic E-state index is 12.3. The Hall–Kier alpha value is -1.63. The first-order valence-electron chi connectivity index (χ1n) is 9.65. The zero-order valence-corrected chi connectivity index (χ0v) is 15.6. The van der Waals surface area contributed by atoms with Crippen molar-refractivity contribution in [3.05, 3.63) is 29.8 Å². The van der Waals surface area contributed by atoms with Crippen LogP contribution in [0.1, 0.15) is 18.9 Å². The zero-order chi connectivity index (χ0) is 18.2. The molecule has 0 saturated carbocycles. The van der Waals surface area contributed by atoms with Gasteiger partial charge in [0.1, 0.15) is 5.75 Å². The minimum absolute atomic E-state index is 0.0496. The number of nitrogens with one attached hydrogen (secondary N) is 1. The summed E-state index contributed by atoms with van der Waals surface area (Å²) < 4.78 is 16.8. The largest absolute Gasteiger partial charge is 0.483 e. The van der Waals surface area contributed by atoms with E-state index in [4.69, 9.17) is 14.2 Å². The molecular weight excluding hydrogens is 332 g/mol. The highest BCUT2D eigenvalue weighted by molar-refractivity contribution is 5.77. The van der Waals surface area contributed by atoms with E-state index in [-0.39, 0.29) is 12.5 Å². The molecule has 26 heavy (non-hydrogen) atoms. The van der Waals surface area contributed by atoms with Gasteiger partial charge in [-0.15, -0.1) is 0 Å². The van der Waals surface area contributed by atoms with Crippen LogP contribution in [0, 0.1) is 5.92 Å². The molecule has 2 atom stereocenters. The fourth-order valence-corrected chi connectivity index (χ4v) is 3.71. The lowest BCUT2D eigenvalue weighted by molar-refractivity contribution is -0.123. The molecule has 0 bridgehead atoms. The Bertz CT molecular complexity index is 569. The van der Waals surface area contributed by atoms with Crippen LogP contribution in [0.4, 0.5) is 0 Å². The number of ether oxygens (including phenoxy) is 3. The average molecular weight is 362 g/mol. The molecule has 3 rings (SSSR count). The van der Waals surface area contributed by atoms with Crippen LogP contribution in [-0.2, 0) is 20.7 Å². The molecular formula is C20H30N2O4. The first-order valence-corrected chi connectivity index (χ1v) is 9.65. The van der Waals surface area contributed by atoms with Gasteiger partial charge >= 0.3 is 0 Å².